The molecule has 3 heterocycles. The third-order valence-corrected chi connectivity index (χ3v) is 12.0. The lowest BCUT2D eigenvalue weighted by Crippen LogP contribution is -2.44. The van der Waals surface area contributed by atoms with E-state index in [1.807, 2.05) is 78.9 Å². The third-order valence-electron chi connectivity index (χ3n) is 11.5. The van der Waals surface area contributed by atoms with Gasteiger partial charge in [-0.3, -0.25) is 14.5 Å². The minimum Gasteiger partial charge on any atom is -0.488 e. The summed E-state index contributed by atoms with van der Waals surface area (Å²) in [6, 6.07) is 21.8. The van der Waals surface area contributed by atoms with Crippen LogP contribution < -0.4 is 14.8 Å². The van der Waals surface area contributed by atoms with Crippen LogP contribution in [-0.2, 0) is 30.8 Å². The van der Waals surface area contributed by atoms with Gasteiger partial charge >= 0.3 is 0 Å². The highest BCUT2D eigenvalue weighted by Gasteiger charge is 2.72. The first-order chi connectivity index (χ1) is 26.9. The lowest BCUT2D eigenvalue weighted by Gasteiger charge is -2.36. The van der Waals surface area contributed by atoms with Crippen LogP contribution in [0.4, 0.5) is 0 Å². The van der Waals surface area contributed by atoms with Gasteiger partial charge in [-0.1, -0.05) is 91.3 Å². The Morgan fingerprint density at radius 1 is 0.982 bits per heavy atom. The van der Waals surface area contributed by atoms with Crippen LogP contribution in [0.25, 0.3) is 0 Å². The number of benzene rings is 3. The molecule has 0 saturated carbocycles. The van der Waals surface area contributed by atoms with Gasteiger partial charge < -0.3 is 24.1 Å². The number of fused-ring (bicyclic) bond motifs is 3. The van der Waals surface area contributed by atoms with Gasteiger partial charge in [0.15, 0.2) is 17.3 Å². The molecule has 9 rings (SSSR count). The quantitative estimate of drug-likeness (QED) is 0.0866. The zero-order valence-corrected chi connectivity index (χ0v) is 31.9. The molecular weight excluding hydrogens is 714 g/mol. The molecule has 2 unspecified atom stereocenters. The van der Waals surface area contributed by atoms with Gasteiger partial charge in [-0.15, -0.1) is 13.2 Å². The second-order valence-corrected chi connectivity index (χ2v) is 15.1. The molecule has 5 aliphatic rings. The first kappa shape index (κ1) is 37.0. The number of hydrogen-bond acceptors (Lipinski definition) is 9. The molecule has 55 heavy (non-hydrogen) atoms. The van der Waals surface area contributed by atoms with Gasteiger partial charge in [-0.25, -0.2) is 0 Å². The fourth-order valence-corrected chi connectivity index (χ4v) is 9.23. The first-order valence-corrected chi connectivity index (χ1v) is 19.6. The van der Waals surface area contributed by atoms with E-state index in [0.717, 1.165) is 61.3 Å². The van der Waals surface area contributed by atoms with Gasteiger partial charge in [-0.2, -0.15) is 0 Å². The molecule has 284 valence electrons. The molecule has 0 amide bonds. The fraction of sp³-hybridized carbons (Fsp3) is 0.356. The average Bonchev–Trinajstić information content (AvgIpc) is 3.55. The van der Waals surface area contributed by atoms with E-state index >= 15 is 0 Å². The highest BCUT2D eigenvalue weighted by atomic mass is 35.5. The first-order valence-electron chi connectivity index (χ1n) is 19.3. The van der Waals surface area contributed by atoms with Gasteiger partial charge in [0.2, 0.25) is 11.4 Å². The molecule has 0 bridgehead atoms. The number of rotatable bonds is 12. The summed E-state index contributed by atoms with van der Waals surface area (Å²) in [5.41, 5.74) is 4.01. The van der Waals surface area contributed by atoms with Crippen molar-refractivity contribution in [1.82, 2.24) is 15.4 Å². The number of halogens is 1. The van der Waals surface area contributed by atoms with Gasteiger partial charge in [-0.05, 0) is 78.2 Å². The van der Waals surface area contributed by atoms with E-state index < -0.39 is 5.60 Å². The Morgan fingerprint density at radius 3 is 2.35 bits per heavy atom. The number of Topliss-reactive ketones (excluding diaryl/α,β-unsaturated/α-hetero) is 2. The summed E-state index contributed by atoms with van der Waals surface area (Å²) in [4.78, 5) is 31.4. The number of likely N-dealkylation sites (tertiary alicyclic amines) is 1. The minimum atomic E-state index is -1.19. The molecule has 2 saturated heterocycles. The predicted octanol–water partition coefficient (Wildman–Crippen LogP) is 8.43. The molecular formula is C45H46ClN3O6. The second kappa shape index (κ2) is 15.6. The Balaban J connectivity index is 0.000000560. The summed E-state index contributed by atoms with van der Waals surface area (Å²) in [5, 5.41) is 7.85. The van der Waals surface area contributed by atoms with Crippen molar-refractivity contribution in [3.8, 4) is 11.6 Å². The van der Waals surface area contributed by atoms with E-state index in [1.165, 1.54) is 0 Å². The molecule has 2 aliphatic heterocycles. The summed E-state index contributed by atoms with van der Waals surface area (Å²) in [6.45, 7) is 13.5. The largest absolute Gasteiger partial charge is 0.488 e. The zero-order chi connectivity index (χ0) is 38.1. The smallest absolute Gasteiger partial charge is 0.265 e. The molecule has 1 N–H and O–H groups in total. The van der Waals surface area contributed by atoms with Crippen LogP contribution in [0.1, 0.15) is 81.0 Å². The van der Waals surface area contributed by atoms with E-state index in [9.17, 15) is 9.59 Å². The number of carbonyl (C=O) groups is 2. The number of hydrogen-bond donors (Lipinski definition) is 1. The van der Waals surface area contributed by atoms with Crippen LogP contribution in [0.5, 0.6) is 11.6 Å². The van der Waals surface area contributed by atoms with Crippen molar-refractivity contribution < 1.29 is 28.3 Å². The summed E-state index contributed by atoms with van der Waals surface area (Å²) < 4.78 is 24.5. The maximum Gasteiger partial charge on any atom is 0.265 e. The SMILES string of the molecule is C=CCNCC=C.CCN1CCCC1c1cc(OCc2ccccc2)c2c(c1Cl)CC1C[C@H]3Cc4onc(OCc5ccccc5)c4C(=O)[C@]34OC4=C1C2=O. The zero-order valence-electron chi connectivity index (χ0n) is 31.2. The molecule has 3 aliphatic carbocycles. The number of epoxide rings is 1. The van der Waals surface area contributed by atoms with Crippen molar-refractivity contribution in [1.29, 1.82) is 0 Å². The standard InChI is InChI=1S/C39H35ClN2O6.C6H11N/c1-2-42-15-9-14-28(42)26-19-29(45-20-22-10-5-3-6-11-22)32-27(34(26)40)17-24-16-25-18-30-33(36(44)39(25)37(47-39)31(24)35(32)43)38(41-48-30)46-21-23-12-7-4-8-13-23;1-3-5-7-6-4-2/h3-8,10-13,19,24-25,28H,2,9,14-18,20-21H2,1H3;3-4,7H,1-2,5-6H2/t24?,25-,28?,39+;/m0./s1. The number of nitrogens with one attached hydrogen (secondary N) is 1. The fourth-order valence-electron chi connectivity index (χ4n) is 8.88. The molecule has 10 heteroatoms. The van der Waals surface area contributed by atoms with Crippen LogP contribution in [0, 0.1) is 11.8 Å². The van der Waals surface area contributed by atoms with Gasteiger partial charge in [0.25, 0.3) is 5.88 Å². The van der Waals surface area contributed by atoms with Crippen LogP contribution in [-0.4, -0.2) is 53.4 Å². The topological polar surface area (TPSA) is 106 Å². The van der Waals surface area contributed by atoms with E-state index in [0.29, 0.717) is 64.9 Å². The van der Waals surface area contributed by atoms with Crippen molar-refractivity contribution >= 4 is 23.2 Å². The van der Waals surface area contributed by atoms with Crippen LogP contribution in [0.15, 0.2) is 108 Å². The van der Waals surface area contributed by atoms with Crippen molar-refractivity contribution in [2.75, 3.05) is 26.2 Å². The maximum atomic E-state index is 14.7. The van der Waals surface area contributed by atoms with E-state index in [4.69, 9.17) is 30.3 Å². The highest BCUT2D eigenvalue weighted by molar-refractivity contribution is 6.33. The van der Waals surface area contributed by atoms with Crippen molar-refractivity contribution in [2.45, 2.75) is 63.9 Å². The number of aromatic nitrogens is 1. The van der Waals surface area contributed by atoms with Crippen molar-refractivity contribution in [3.63, 3.8) is 0 Å². The van der Waals surface area contributed by atoms with E-state index in [1.54, 1.807) is 0 Å². The lowest BCUT2D eigenvalue weighted by atomic mass is 9.63. The summed E-state index contributed by atoms with van der Waals surface area (Å²) in [7, 11) is 0. The number of allylic oxidation sites excluding steroid dienone is 1. The second-order valence-electron chi connectivity index (χ2n) is 14.8. The minimum absolute atomic E-state index is 0.132. The van der Waals surface area contributed by atoms with Crippen molar-refractivity contribution in [3.05, 3.63) is 148 Å². The number of carbonyl (C=O) groups excluding carboxylic acids is 2. The van der Waals surface area contributed by atoms with Gasteiger partial charge in [0.05, 0.1) is 5.56 Å². The molecule has 0 radical (unpaired) electrons. The predicted molar refractivity (Wildman–Crippen MR) is 210 cm³/mol. The van der Waals surface area contributed by atoms with Gasteiger partial charge in [0.1, 0.15) is 24.5 Å². The lowest BCUT2D eigenvalue weighted by molar-refractivity contribution is 0.0735. The normalized spacial score (nSPS) is 23.2. The molecule has 1 spiro atoms. The Hall–Kier alpha value is -4.96. The molecule has 9 nitrogen and oxygen atoms in total. The van der Waals surface area contributed by atoms with E-state index in [-0.39, 0.29) is 41.9 Å². The summed E-state index contributed by atoms with van der Waals surface area (Å²) in [5.74, 6) is 0.984. The molecule has 4 aromatic rings. The van der Waals surface area contributed by atoms with Crippen LogP contribution >= 0.6 is 11.6 Å². The molecule has 4 atom stereocenters. The highest BCUT2D eigenvalue weighted by Crippen LogP contribution is 2.63. The monoisotopic (exact) mass is 759 g/mol. The molecule has 1 aromatic heterocycles. The molecule has 2 fully saturated rings. The van der Waals surface area contributed by atoms with Gasteiger partial charge in [0, 0.05) is 42.1 Å². The van der Waals surface area contributed by atoms with Crippen LogP contribution in [0.3, 0.4) is 0 Å². The summed E-state index contributed by atoms with van der Waals surface area (Å²) >= 11 is 7.29. The van der Waals surface area contributed by atoms with E-state index in [2.05, 4.69) is 35.5 Å². The Kier molecular flexibility index (Phi) is 10.5. The Labute approximate surface area is 327 Å². The number of ether oxygens (including phenoxy) is 3. The number of nitrogens with zero attached hydrogens (tertiary/aromatic N) is 2. The van der Waals surface area contributed by atoms with Crippen molar-refractivity contribution in [2.24, 2.45) is 11.8 Å². The van der Waals surface area contributed by atoms with Crippen LogP contribution in [0.2, 0.25) is 5.02 Å². The summed E-state index contributed by atoms with van der Waals surface area (Å²) in [6.07, 6.45) is 7.40. The number of ketones is 2. The third kappa shape index (κ3) is 6.72. The Morgan fingerprint density at radius 2 is 1.67 bits per heavy atom. The molecule has 3 aromatic carbocycles. The average molecular weight is 760 g/mol. The Bertz CT molecular complexity index is 2140. The maximum absolute atomic E-state index is 14.7.